The highest BCUT2D eigenvalue weighted by Crippen LogP contribution is 2.07. The van der Waals surface area contributed by atoms with Crippen LogP contribution in [0.3, 0.4) is 0 Å². The van der Waals surface area contributed by atoms with Crippen molar-refractivity contribution in [2.45, 2.75) is 64.9 Å². The fourth-order valence-electron chi connectivity index (χ4n) is 1.28. The van der Waals surface area contributed by atoms with Gasteiger partial charge in [0.05, 0.1) is 6.10 Å². The van der Waals surface area contributed by atoms with Crippen LogP contribution in [0, 0.1) is 6.92 Å². The Hall–Kier alpha value is -0.0400. The SMILES string of the molecule is [CH2]C(CCCCCC)OCCCC. The summed E-state index contributed by atoms with van der Waals surface area (Å²) in [6.45, 7) is 9.29. The molecule has 1 unspecified atom stereocenters. The molecule has 1 radical (unpaired) electrons. The third kappa shape index (κ3) is 9.88. The quantitative estimate of drug-likeness (QED) is 0.494. The Morgan fingerprint density at radius 1 is 1.00 bits per heavy atom. The number of ether oxygens (including phenoxy) is 1. The van der Waals surface area contributed by atoms with Crippen molar-refractivity contribution in [1.29, 1.82) is 0 Å². The number of rotatable bonds is 9. The van der Waals surface area contributed by atoms with Gasteiger partial charge in [0.1, 0.15) is 0 Å². The monoisotopic (exact) mass is 185 g/mol. The van der Waals surface area contributed by atoms with Gasteiger partial charge < -0.3 is 4.74 Å². The molecule has 1 nitrogen and oxygen atoms in total. The lowest BCUT2D eigenvalue weighted by Gasteiger charge is -2.11. The summed E-state index contributed by atoms with van der Waals surface area (Å²) in [4.78, 5) is 0. The van der Waals surface area contributed by atoms with E-state index in [4.69, 9.17) is 4.74 Å². The number of unbranched alkanes of at least 4 members (excludes halogenated alkanes) is 4. The predicted molar refractivity (Wildman–Crippen MR) is 58.8 cm³/mol. The van der Waals surface area contributed by atoms with Gasteiger partial charge >= 0.3 is 0 Å². The molecule has 0 saturated carbocycles. The maximum absolute atomic E-state index is 5.55. The first kappa shape index (κ1) is 13.0. The summed E-state index contributed by atoms with van der Waals surface area (Å²) < 4.78 is 5.55. The fraction of sp³-hybridized carbons (Fsp3) is 0.917. The summed E-state index contributed by atoms with van der Waals surface area (Å²) in [7, 11) is 0. The topological polar surface area (TPSA) is 9.23 Å². The summed E-state index contributed by atoms with van der Waals surface area (Å²) in [5, 5.41) is 0. The molecule has 0 N–H and O–H groups in total. The molecule has 0 bridgehead atoms. The van der Waals surface area contributed by atoms with Crippen molar-refractivity contribution in [3.8, 4) is 0 Å². The molecule has 1 heteroatoms. The van der Waals surface area contributed by atoms with E-state index in [1.54, 1.807) is 0 Å². The number of hydrogen-bond acceptors (Lipinski definition) is 1. The summed E-state index contributed by atoms with van der Waals surface area (Å²) in [5.74, 6) is 0. The van der Waals surface area contributed by atoms with Gasteiger partial charge in [-0.2, -0.15) is 0 Å². The minimum atomic E-state index is 0.225. The van der Waals surface area contributed by atoms with Gasteiger partial charge in [0.15, 0.2) is 0 Å². The average Bonchev–Trinajstić information content (AvgIpc) is 2.13. The van der Waals surface area contributed by atoms with Gasteiger partial charge in [-0.1, -0.05) is 46.0 Å². The van der Waals surface area contributed by atoms with E-state index in [2.05, 4.69) is 20.8 Å². The van der Waals surface area contributed by atoms with E-state index < -0.39 is 0 Å². The molecular formula is C12H25O. The van der Waals surface area contributed by atoms with E-state index in [0.717, 1.165) is 13.0 Å². The zero-order chi connectivity index (χ0) is 9.94. The van der Waals surface area contributed by atoms with Crippen LogP contribution in [0.2, 0.25) is 0 Å². The van der Waals surface area contributed by atoms with Crippen molar-refractivity contribution in [3.63, 3.8) is 0 Å². The van der Waals surface area contributed by atoms with Crippen molar-refractivity contribution in [2.24, 2.45) is 0 Å². The first-order chi connectivity index (χ1) is 6.31. The Morgan fingerprint density at radius 3 is 2.31 bits per heavy atom. The summed E-state index contributed by atoms with van der Waals surface area (Å²) in [6.07, 6.45) is 8.99. The highest BCUT2D eigenvalue weighted by molar-refractivity contribution is 4.59. The molecular weight excluding hydrogens is 160 g/mol. The van der Waals surface area contributed by atoms with Crippen LogP contribution in [0.5, 0.6) is 0 Å². The summed E-state index contributed by atoms with van der Waals surface area (Å²) in [5.41, 5.74) is 0. The van der Waals surface area contributed by atoms with E-state index in [1.807, 2.05) is 0 Å². The van der Waals surface area contributed by atoms with E-state index in [-0.39, 0.29) is 6.10 Å². The normalized spacial score (nSPS) is 13.2. The standard InChI is InChI=1S/C12H25O/c1-4-6-8-9-10-12(3)13-11-7-5-2/h12H,3-11H2,1-2H3. The average molecular weight is 185 g/mol. The van der Waals surface area contributed by atoms with Gasteiger partial charge in [-0.3, -0.25) is 0 Å². The maximum atomic E-state index is 5.55. The van der Waals surface area contributed by atoms with Gasteiger partial charge in [0, 0.05) is 6.61 Å². The van der Waals surface area contributed by atoms with Crippen LogP contribution in [0.15, 0.2) is 0 Å². The molecule has 0 rings (SSSR count). The van der Waals surface area contributed by atoms with Crippen molar-refractivity contribution >= 4 is 0 Å². The molecule has 0 saturated heterocycles. The van der Waals surface area contributed by atoms with Gasteiger partial charge in [-0.05, 0) is 19.8 Å². The molecule has 0 heterocycles. The second-order valence-corrected chi connectivity index (χ2v) is 3.70. The lowest BCUT2D eigenvalue weighted by Crippen LogP contribution is -2.09. The van der Waals surface area contributed by atoms with Crippen LogP contribution in [-0.4, -0.2) is 12.7 Å². The van der Waals surface area contributed by atoms with Crippen LogP contribution >= 0.6 is 0 Å². The Kier molecular flexibility index (Phi) is 10.0. The molecule has 0 aliphatic rings. The van der Waals surface area contributed by atoms with Crippen molar-refractivity contribution in [1.82, 2.24) is 0 Å². The lowest BCUT2D eigenvalue weighted by atomic mass is 10.1. The maximum Gasteiger partial charge on any atom is 0.0576 e. The van der Waals surface area contributed by atoms with Gasteiger partial charge in [0.2, 0.25) is 0 Å². The van der Waals surface area contributed by atoms with Gasteiger partial charge in [-0.15, -0.1) is 0 Å². The zero-order valence-corrected chi connectivity index (χ0v) is 9.35. The highest BCUT2D eigenvalue weighted by Gasteiger charge is 2.00. The van der Waals surface area contributed by atoms with Gasteiger partial charge in [0.25, 0.3) is 0 Å². The third-order valence-corrected chi connectivity index (χ3v) is 2.23. The molecule has 13 heavy (non-hydrogen) atoms. The molecule has 0 aromatic rings. The Labute approximate surface area is 83.9 Å². The second-order valence-electron chi connectivity index (χ2n) is 3.70. The molecule has 0 aromatic carbocycles. The summed E-state index contributed by atoms with van der Waals surface area (Å²) in [6, 6.07) is 0. The Balaban J connectivity index is 3.05. The van der Waals surface area contributed by atoms with E-state index in [1.165, 1.54) is 38.5 Å². The minimum absolute atomic E-state index is 0.225. The Bertz CT molecular complexity index is 91.1. The Morgan fingerprint density at radius 2 is 1.69 bits per heavy atom. The molecule has 0 spiro atoms. The first-order valence-corrected chi connectivity index (χ1v) is 5.76. The van der Waals surface area contributed by atoms with Crippen LogP contribution in [0.4, 0.5) is 0 Å². The molecule has 0 aromatic heterocycles. The smallest absolute Gasteiger partial charge is 0.0576 e. The molecule has 79 valence electrons. The van der Waals surface area contributed by atoms with Crippen LogP contribution in [0.1, 0.15) is 58.8 Å². The van der Waals surface area contributed by atoms with Crippen LogP contribution < -0.4 is 0 Å². The van der Waals surface area contributed by atoms with E-state index in [9.17, 15) is 0 Å². The highest BCUT2D eigenvalue weighted by atomic mass is 16.5. The minimum Gasteiger partial charge on any atom is -0.378 e. The molecule has 0 fully saturated rings. The predicted octanol–water partition coefficient (Wildman–Crippen LogP) is 3.98. The van der Waals surface area contributed by atoms with Gasteiger partial charge in [-0.25, -0.2) is 0 Å². The van der Waals surface area contributed by atoms with Crippen LogP contribution in [-0.2, 0) is 4.74 Å². The first-order valence-electron chi connectivity index (χ1n) is 5.76. The fourth-order valence-corrected chi connectivity index (χ4v) is 1.28. The molecule has 0 aliphatic heterocycles. The largest absolute Gasteiger partial charge is 0.378 e. The van der Waals surface area contributed by atoms with Crippen LogP contribution in [0.25, 0.3) is 0 Å². The lowest BCUT2D eigenvalue weighted by molar-refractivity contribution is 0.0736. The van der Waals surface area contributed by atoms with Crippen molar-refractivity contribution < 1.29 is 4.74 Å². The van der Waals surface area contributed by atoms with Crippen molar-refractivity contribution in [2.75, 3.05) is 6.61 Å². The summed E-state index contributed by atoms with van der Waals surface area (Å²) >= 11 is 0. The van der Waals surface area contributed by atoms with Crippen molar-refractivity contribution in [3.05, 3.63) is 6.92 Å². The number of hydrogen-bond donors (Lipinski definition) is 0. The zero-order valence-electron chi connectivity index (χ0n) is 9.35. The van der Waals surface area contributed by atoms with E-state index in [0.29, 0.717) is 0 Å². The molecule has 0 aliphatic carbocycles. The molecule has 0 amide bonds. The van der Waals surface area contributed by atoms with E-state index >= 15 is 0 Å². The second kappa shape index (κ2) is 10.0. The third-order valence-electron chi connectivity index (χ3n) is 2.23. The molecule has 1 atom stereocenters.